The summed E-state index contributed by atoms with van der Waals surface area (Å²) in [4.78, 5) is 10.1. The second-order valence-electron chi connectivity index (χ2n) is 4.20. The first-order valence-electron chi connectivity index (χ1n) is 5.96. The molecular weight excluding hydrogens is 200 g/mol. The van der Waals surface area contributed by atoms with Crippen LogP contribution in [0, 0.1) is 0 Å². The summed E-state index contributed by atoms with van der Waals surface area (Å²) in [7, 11) is 0. The van der Waals surface area contributed by atoms with Crippen molar-refractivity contribution < 1.29 is 9.53 Å². The van der Waals surface area contributed by atoms with Gasteiger partial charge in [0, 0.05) is 13.0 Å². The highest BCUT2D eigenvalue weighted by Crippen LogP contribution is 2.32. The summed E-state index contributed by atoms with van der Waals surface area (Å²) >= 11 is 0. The molecule has 1 radical (unpaired) electrons. The van der Waals surface area contributed by atoms with Gasteiger partial charge in [-0.2, -0.15) is 0 Å². The van der Waals surface area contributed by atoms with Gasteiger partial charge < -0.3 is 4.74 Å². The molecule has 0 amide bonds. The van der Waals surface area contributed by atoms with Crippen LogP contribution >= 0.6 is 0 Å². The number of rotatable bonds is 5. The topological polar surface area (TPSA) is 26.3 Å². The van der Waals surface area contributed by atoms with Crippen molar-refractivity contribution in [3.63, 3.8) is 0 Å². The number of aryl methyl sites for hydroxylation is 1. The van der Waals surface area contributed by atoms with Gasteiger partial charge in [-0.05, 0) is 36.8 Å². The average Bonchev–Trinajstić information content (AvgIpc) is 2.35. The molecule has 85 valence electrons. The van der Waals surface area contributed by atoms with Gasteiger partial charge in [0.1, 0.15) is 0 Å². The van der Waals surface area contributed by atoms with E-state index < -0.39 is 0 Å². The number of carbonyl (C=O) groups excluding carboxylic acids is 1. The van der Waals surface area contributed by atoms with E-state index in [1.807, 2.05) is 6.29 Å². The molecule has 0 N–H and O–H groups in total. The van der Waals surface area contributed by atoms with Crippen LogP contribution in [0.15, 0.2) is 24.3 Å². The zero-order valence-electron chi connectivity index (χ0n) is 9.45. The van der Waals surface area contributed by atoms with E-state index in [2.05, 4.69) is 24.3 Å². The quantitative estimate of drug-likeness (QED) is 0.709. The lowest BCUT2D eigenvalue weighted by molar-refractivity contribution is 0.0400. The van der Waals surface area contributed by atoms with E-state index in [0.29, 0.717) is 13.0 Å². The molecular formula is C14H17O2. The van der Waals surface area contributed by atoms with Gasteiger partial charge >= 0.3 is 0 Å². The average molecular weight is 217 g/mol. The molecule has 0 spiro atoms. The highest BCUT2D eigenvalue weighted by Gasteiger charge is 2.19. The van der Waals surface area contributed by atoms with Crippen LogP contribution in [-0.4, -0.2) is 12.9 Å². The highest BCUT2D eigenvalue weighted by molar-refractivity contribution is 5.50. The minimum absolute atomic E-state index is 0.233. The van der Waals surface area contributed by atoms with Crippen LogP contribution in [0.1, 0.15) is 42.9 Å². The molecule has 0 aliphatic heterocycles. The number of unbranched alkanes of at least 4 members (excludes halogenated alkanes) is 1. The molecule has 1 atom stereocenters. The zero-order chi connectivity index (χ0) is 11.2. The van der Waals surface area contributed by atoms with E-state index in [-0.39, 0.29) is 6.10 Å². The second-order valence-corrected chi connectivity index (χ2v) is 4.20. The number of hydrogen-bond donors (Lipinski definition) is 0. The number of benzene rings is 1. The first-order valence-corrected chi connectivity index (χ1v) is 5.96. The van der Waals surface area contributed by atoms with Gasteiger partial charge in [-0.3, -0.25) is 4.79 Å². The summed E-state index contributed by atoms with van der Waals surface area (Å²) in [5, 5.41) is 0. The van der Waals surface area contributed by atoms with Gasteiger partial charge in [-0.1, -0.05) is 24.3 Å². The predicted octanol–water partition coefficient (Wildman–Crippen LogP) is 2.97. The van der Waals surface area contributed by atoms with E-state index in [4.69, 9.17) is 4.74 Å². The Balaban J connectivity index is 1.93. The van der Waals surface area contributed by atoms with Crippen molar-refractivity contribution in [1.29, 1.82) is 0 Å². The lowest BCUT2D eigenvalue weighted by Gasteiger charge is -2.25. The summed E-state index contributed by atoms with van der Waals surface area (Å²) in [6.45, 7) is 0.661. The van der Waals surface area contributed by atoms with Crippen molar-refractivity contribution in [2.24, 2.45) is 0 Å². The summed E-state index contributed by atoms with van der Waals surface area (Å²) in [6, 6.07) is 8.50. The fourth-order valence-electron chi connectivity index (χ4n) is 2.25. The Morgan fingerprint density at radius 3 is 3.12 bits per heavy atom. The van der Waals surface area contributed by atoms with Crippen molar-refractivity contribution in [2.75, 3.05) is 6.61 Å². The molecule has 1 aliphatic carbocycles. The molecule has 2 heteroatoms. The number of fused-ring (bicyclic) bond motifs is 1. The van der Waals surface area contributed by atoms with Gasteiger partial charge in [0.15, 0.2) is 6.29 Å². The van der Waals surface area contributed by atoms with E-state index >= 15 is 0 Å². The summed E-state index contributed by atoms with van der Waals surface area (Å²) in [6.07, 6.45) is 6.85. The van der Waals surface area contributed by atoms with Crippen molar-refractivity contribution in [2.45, 2.75) is 38.2 Å². The van der Waals surface area contributed by atoms with Crippen LogP contribution in [0.2, 0.25) is 0 Å². The molecule has 0 saturated heterocycles. The molecule has 0 heterocycles. The maximum absolute atomic E-state index is 10.1. The van der Waals surface area contributed by atoms with Crippen LogP contribution < -0.4 is 0 Å². The third kappa shape index (κ3) is 2.70. The Labute approximate surface area is 96.6 Å². The molecule has 0 bridgehead atoms. The summed E-state index contributed by atoms with van der Waals surface area (Å²) in [5.74, 6) is 0. The fraction of sp³-hybridized carbons (Fsp3) is 0.500. The Hall–Kier alpha value is -1.15. The molecule has 1 aromatic carbocycles. The van der Waals surface area contributed by atoms with E-state index in [0.717, 1.165) is 19.3 Å². The van der Waals surface area contributed by atoms with Crippen LogP contribution in [0.25, 0.3) is 0 Å². The van der Waals surface area contributed by atoms with Crippen LogP contribution in [0.5, 0.6) is 0 Å². The molecule has 1 aliphatic rings. The summed E-state index contributed by atoms with van der Waals surface area (Å²) in [5.41, 5.74) is 2.75. The lowest BCUT2D eigenvalue weighted by atomic mass is 9.89. The Kier molecular flexibility index (Phi) is 4.11. The molecule has 1 unspecified atom stereocenters. The van der Waals surface area contributed by atoms with Gasteiger partial charge in [0.25, 0.3) is 0 Å². The van der Waals surface area contributed by atoms with Crippen LogP contribution in [-0.2, 0) is 16.0 Å². The van der Waals surface area contributed by atoms with Gasteiger partial charge in [0.2, 0.25) is 0 Å². The summed E-state index contributed by atoms with van der Waals surface area (Å²) < 4.78 is 5.83. The smallest absolute Gasteiger partial charge is 0.198 e. The van der Waals surface area contributed by atoms with Crippen LogP contribution in [0.3, 0.4) is 0 Å². The predicted molar refractivity (Wildman–Crippen MR) is 63.0 cm³/mol. The van der Waals surface area contributed by atoms with E-state index in [1.54, 1.807) is 0 Å². The van der Waals surface area contributed by atoms with Crippen molar-refractivity contribution >= 4 is 6.29 Å². The SMILES string of the molecule is O=[C]CCCOC1CCCc2ccccc21. The monoisotopic (exact) mass is 217 g/mol. The van der Waals surface area contributed by atoms with Gasteiger partial charge in [-0.15, -0.1) is 0 Å². The van der Waals surface area contributed by atoms with E-state index in [1.165, 1.54) is 17.5 Å². The number of ether oxygens (including phenoxy) is 1. The van der Waals surface area contributed by atoms with E-state index in [9.17, 15) is 4.79 Å². The largest absolute Gasteiger partial charge is 0.374 e. The number of hydrogen-bond acceptors (Lipinski definition) is 2. The molecule has 0 saturated carbocycles. The Morgan fingerprint density at radius 1 is 1.38 bits per heavy atom. The lowest BCUT2D eigenvalue weighted by Crippen LogP contribution is -2.13. The van der Waals surface area contributed by atoms with Crippen molar-refractivity contribution in [3.05, 3.63) is 35.4 Å². The zero-order valence-corrected chi connectivity index (χ0v) is 9.45. The molecule has 0 aromatic heterocycles. The Morgan fingerprint density at radius 2 is 2.25 bits per heavy atom. The third-order valence-electron chi connectivity index (χ3n) is 3.06. The first-order chi connectivity index (χ1) is 7.92. The molecule has 2 nitrogen and oxygen atoms in total. The normalized spacial score (nSPS) is 19.1. The van der Waals surface area contributed by atoms with Crippen LogP contribution in [0.4, 0.5) is 0 Å². The highest BCUT2D eigenvalue weighted by atomic mass is 16.5. The maximum atomic E-state index is 10.1. The van der Waals surface area contributed by atoms with Crippen molar-refractivity contribution in [1.82, 2.24) is 0 Å². The molecule has 2 rings (SSSR count). The second kappa shape index (κ2) is 5.80. The molecule has 1 aromatic rings. The standard InChI is InChI=1S/C14H17O2/c15-10-3-4-11-16-14-9-5-7-12-6-1-2-8-13(12)14/h1-2,6,8,14H,3-5,7,9,11H2. The minimum Gasteiger partial charge on any atom is -0.374 e. The van der Waals surface area contributed by atoms with Gasteiger partial charge in [0.05, 0.1) is 6.10 Å². The third-order valence-corrected chi connectivity index (χ3v) is 3.06. The molecule has 0 fully saturated rings. The van der Waals surface area contributed by atoms with Gasteiger partial charge in [-0.25, -0.2) is 0 Å². The maximum Gasteiger partial charge on any atom is 0.198 e. The Bertz CT molecular complexity index is 346. The fourth-order valence-corrected chi connectivity index (χ4v) is 2.25. The minimum atomic E-state index is 0.233. The first kappa shape index (κ1) is 11.3. The van der Waals surface area contributed by atoms with Crippen molar-refractivity contribution in [3.8, 4) is 0 Å². The molecule has 16 heavy (non-hydrogen) atoms.